The summed E-state index contributed by atoms with van der Waals surface area (Å²) in [6, 6.07) is 9.63. The van der Waals surface area contributed by atoms with Gasteiger partial charge in [-0.15, -0.1) is 0 Å². The third-order valence-corrected chi connectivity index (χ3v) is 3.93. The summed E-state index contributed by atoms with van der Waals surface area (Å²) in [5.41, 5.74) is 2.57. The molecule has 3 rings (SSSR count). The normalized spacial score (nSPS) is 10.9. The molecule has 6 heteroatoms. The molecule has 1 N–H and O–H groups in total. The van der Waals surface area contributed by atoms with E-state index in [4.69, 9.17) is 11.6 Å². The summed E-state index contributed by atoms with van der Waals surface area (Å²) in [7, 11) is 1.86. The molecule has 4 nitrogen and oxygen atoms in total. The lowest BCUT2D eigenvalue weighted by Crippen LogP contribution is -2.02. The molecular weight excluding hydrogens is 375 g/mol. The van der Waals surface area contributed by atoms with Crippen LogP contribution in [0.1, 0.15) is 0 Å². The van der Waals surface area contributed by atoms with E-state index in [0.29, 0.717) is 5.02 Å². The lowest BCUT2D eigenvalue weighted by atomic mass is 10.1. The highest BCUT2D eigenvalue weighted by Crippen LogP contribution is 2.29. The summed E-state index contributed by atoms with van der Waals surface area (Å²) in [5, 5.41) is 8.12. The fourth-order valence-corrected chi connectivity index (χ4v) is 2.63. The summed E-state index contributed by atoms with van der Waals surface area (Å²) in [5.74, 6) is 0.878. The lowest BCUT2D eigenvalue weighted by molar-refractivity contribution is 0.945. The summed E-state index contributed by atoms with van der Waals surface area (Å²) < 4.78 is 2.78. The second-order valence-corrected chi connectivity index (χ2v) is 5.55. The van der Waals surface area contributed by atoms with Crippen molar-refractivity contribution in [2.75, 3.05) is 12.4 Å². The molecule has 0 bridgehead atoms. The van der Waals surface area contributed by atoms with E-state index < -0.39 is 0 Å². The van der Waals surface area contributed by atoms with E-state index in [-0.39, 0.29) is 0 Å². The van der Waals surface area contributed by atoms with Crippen LogP contribution in [0, 0.1) is 3.57 Å². The number of anilines is 1. The highest BCUT2D eigenvalue weighted by atomic mass is 127. The van der Waals surface area contributed by atoms with Gasteiger partial charge in [0.2, 0.25) is 0 Å². The smallest absolute Gasteiger partial charge is 0.171 e. The molecule has 0 saturated carbocycles. The number of fused-ring (bicyclic) bond motifs is 1. The van der Waals surface area contributed by atoms with Gasteiger partial charge in [0.1, 0.15) is 5.82 Å². The minimum absolute atomic E-state index is 0.691. The van der Waals surface area contributed by atoms with Crippen LogP contribution in [0.3, 0.4) is 0 Å². The Balaban J connectivity index is 2.30. The number of hydrogen-bond acceptors (Lipinski definition) is 3. The van der Waals surface area contributed by atoms with Gasteiger partial charge in [0, 0.05) is 23.7 Å². The van der Waals surface area contributed by atoms with Crippen molar-refractivity contribution >= 4 is 45.7 Å². The second-order valence-electron chi connectivity index (χ2n) is 3.98. The molecular formula is C13H10ClIN4. The van der Waals surface area contributed by atoms with Gasteiger partial charge in [0.25, 0.3) is 0 Å². The Morgan fingerprint density at radius 1 is 1.32 bits per heavy atom. The summed E-state index contributed by atoms with van der Waals surface area (Å²) >= 11 is 8.46. The SMILES string of the molecule is CNc1cc(-c2ccccc2Cl)nc2c(I)cnn12. The minimum Gasteiger partial charge on any atom is -0.373 e. The molecule has 0 aliphatic rings. The maximum Gasteiger partial charge on any atom is 0.171 e. The van der Waals surface area contributed by atoms with E-state index in [9.17, 15) is 0 Å². The Labute approximate surface area is 128 Å². The standard InChI is InChI=1S/C13H10ClIN4/c1-16-12-6-11(8-4-2-3-5-9(8)14)18-13-10(15)7-17-19(12)13/h2-7,16H,1H3. The van der Waals surface area contributed by atoms with Crippen molar-refractivity contribution in [2.45, 2.75) is 0 Å². The lowest BCUT2D eigenvalue weighted by Gasteiger charge is -2.08. The van der Waals surface area contributed by atoms with Crippen molar-refractivity contribution in [3.05, 3.63) is 45.1 Å². The molecule has 0 aliphatic heterocycles. The molecule has 2 heterocycles. The molecule has 0 saturated heterocycles. The van der Waals surface area contributed by atoms with Crippen molar-refractivity contribution in [3.63, 3.8) is 0 Å². The van der Waals surface area contributed by atoms with E-state index in [0.717, 1.165) is 26.3 Å². The fourth-order valence-electron chi connectivity index (χ4n) is 1.92. The third-order valence-electron chi connectivity index (χ3n) is 2.83. The summed E-state index contributed by atoms with van der Waals surface area (Å²) in [6.45, 7) is 0. The van der Waals surface area contributed by atoms with E-state index >= 15 is 0 Å². The zero-order chi connectivity index (χ0) is 13.4. The van der Waals surface area contributed by atoms with Crippen LogP contribution >= 0.6 is 34.2 Å². The predicted octanol–water partition coefficient (Wildman–Crippen LogP) is 3.70. The van der Waals surface area contributed by atoms with E-state index in [1.807, 2.05) is 37.4 Å². The highest BCUT2D eigenvalue weighted by Gasteiger charge is 2.11. The molecule has 0 spiro atoms. The first-order valence-corrected chi connectivity index (χ1v) is 7.13. The average molecular weight is 385 g/mol. The number of hydrogen-bond donors (Lipinski definition) is 1. The number of benzene rings is 1. The largest absolute Gasteiger partial charge is 0.373 e. The van der Waals surface area contributed by atoms with Crippen LogP contribution in [-0.2, 0) is 0 Å². The fraction of sp³-hybridized carbons (Fsp3) is 0.0769. The highest BCUT2D eigenvalue weighted by molar-refractivity contribution is 14.1. The minimum atomic E-state index is 0.691. The number of aromatic nitrogens is 3. The van der Waals surface area contributed by atoms with Crippen molar-refractivity contribution < 1.29 is 0 Å². The topological polar surface area (TPSA) is 42.2 Å². The zero-order valence-corrected chi connectivity index (χ0v) is 13.0. The zero-order valence-electron chi connectivity index (χ0n) is 10.1. The summed E-state index contributed by atoms with van der Waals surface area (Å²) in [6.07, 6.45) is 1.79. The molecule has 0 aliphatic carbocycles. The van der Waals surface area contributed by atoms with Crippen LogP contribution in [0.2, 0.25) is 5.02 Å². The molecule has 1 aromatic carbocycles. The van der Waals surface area contributed by atoms with Gasteiger partial charge in [0.05, 0.1) is 15.5 Å². The van der Waals surface area contributed by atoms with Crippen LogP contribution in [0.5, 0.6) is 0 Å². The van der Waals surface area contributed by atoms with Crippen LogP contribution in [0.25, 0.3) is 16.9 Å². The first kappa shape index (κ1) is 12.7. The Hall–Kier alpha value is -1.34. The van der Waals surface area contributed by atoms with Gasteiger partial charge in [0.15, 0.2) is 5.65 Å². The molecule has 0 atom stereocenters. The number of nitrogens with zero attached hydrogens (tertiary/aromatic N) is 3. The molecule has 96 valence electrons. The molecule has 0 unspecified atom stereocenters. The van der Waals surface area contributed by atoms with Gasteiger partial charge < -0.3 is 5.32 Å². The van der Waals surface area contributed by atoms with Crippen molar-refractivity contribution in [1.29, 1.82) is 0 Å². The Kier molecular flexibility index (Phi) is 3.32. The summed E-state index contributed by atoms with van der Waals surface area (Å²) in [4.78, 5) is 4.64. The third kappa shape index (κ3) is 2.17. The van der Waals surface area contributed by atoms with Gasteiger partial charge in [-0.05, 0) is 28.7 Å². The average Bonchev–Trinajstić information content (AvgIpc) is 2.80. The van der Waals surface area contributed by atoms with Gasteiger partial charge in [-0.1, -0.05) is 29.8 Å². The maximum absolute atomic E-state index is 6.23. The number of rotatable bonds is 2. The molecule has 0 fully saturated rings. The number of halogens is 2. The monoisotopic (exact) mass is 384 g/mol. The van der Waals surface area contributed by atoms with Crippen LogP contribution in [0.4, 0.5) is 5.82 Å². The van der Waals surface area contributed by atoms with E-state index in [1.54, 1.807) is 10.7 Å². The number of nitrogens with one attached hydrogen (secondary N) is 1. The quantitative estimate of drug-likeness (QED) is 0.685. The second kappa shape index (κ2) is 4.97. The Morgan fingerprint density at radius 3 is 2.84 bits per heavy atom. The van der Waals surface area contributed by atoms with Crippen molar-refractivity contribution in [2.24, 2.45) is 0 Å². The van der Waals surface area contributed by atoms with E-state index in [1.165, 1.54) is 0 Å². The van der Waals surface area contributed by atoms with Gasteiger partial charge >= 0.3 is 0 Å². The molecule has 3 aromatic rings. The van der Waals surface area contributed by atoms with Crippen molar-refractivity contribution in [3.8, 4) is 11.3 Å². The molecule has 0 amide bonds. The van der Waals surface area contributed by atoms with Gasteiger partial charge in [-0.3, -0.25) is 0 Å². The van der Waals surface area contributed by atoms with Crippen molar-refractivity contribution in [1.82, 2.24) is 14.6 Å². The first-order chi connectivity index (χ1) is 9.20. The van der Waals surface area contributed by atoms with Crippen LogP contribution in [-0.4, -0.2) is 21.6 Å². The Bertz CT molecular complexity index is 753. The van der Waals surface area contributed by atoms with Crippen LogP contribution in [0.15, 0.2) is 36.5 Å². The molecule has 0 radical (unpaired) electrons. The Morgan fingerprint density at radius 2 is 2.11 bits per heavy atom. The predicted molar refractivity (Wildman–Crippen MR) is 85.7 cm³/mol. The maximum atomic E-state index is 6.23. The van der Waals surface area contributed by atoms with E-state index in [2.05, 4.69) is 38.0 Å². The first-order valence-electron chi connectivity index (χ1n) is 5.67. The van der Waals surface area contributed by atoms with Gasteiger partial charge in [-0.25, -0.2) is 4.98 Å². The molecule has 19 heavy (non-hydrogen) atoms. The van der Waals surface area contributed by atoms with Crippen LogP contribution < -0.4 is 5.32 Å². The molecule has 2 aromatic heterocycles. The van der Waals surface area contributed by atoms with Gasteiger partial charge in [-0.2, -0.15) is 9.61 Å².